The molecule has 0 aliphatic carbocycles. The van der Waals surface area contributed by atoms with E-state index in [1.165, 1.54) is 51.4 Å². The van der Waals surface area contributed by atoms with Crippen LogP contribution in [0.2, 0.25) is 0 Å². The number of rotatable bonds is 12. The van der Waals surface area contributed by atoms with Gasteiger partial charge in [-0.3, -0.25) is 0 Å². The third kappa shape index (κ3) is 7.10. The Kier molecular flexibility index (Phi) is 9.36. The maximum absolute atomic E-state index is 9.70. The summed E-state index contributed by atoms with van der Waals surface area (Å²) in [6, 6.07) is 10.2. The lowest BCUT2D eigenvalue weighted by molar-refractivity contribution is 0.174. The summed E-state index contributed by atoms with van der Waals surface area (Å²) in [6.07, 6.45) is 10.7. The molecule has 0 radical (unpaired) electrons. The van der Waals surface area contributed by atoms with Crippen molar-refractivity contribution in [3.05, 3.63) is 35.9 Å². The molecule has 0 spiro atoms. The Morgan fingerprint density at radius 3 is 2.05 bits per heavy atom. The number of unbranched alkanes of at least 4 members (excludes halogenated alkanes) is 7. The second-order valence-electron chi connectivity index (χ2n) is 6.26. The number of nitrogens with one attached hydrogen (secondary N) is 1. The minimum Gasteiger partial charge on any atom is -0.394 e. The van der Waals surface area contributed by atoms with Crippen molar-refractivity contribution in [2.45, 2.75) is 70.8 Å². The lowest BCUT2D eigenvalue weighted by Gasteiger charge is -2.29. The molecule has 0 saturated carbocycles. The number of aliphatic hydroxyl groups excluding tert-OH is 1. The summed E-state index contributed by atoms with van der Waals surface area (Å²) in [5, 5.41) is 13.2. The van der Waals surface area contributed by atoms with Crippen LogP contribution < -0.4 is 5.32 Å². The van der Waals surface area contributed by atoms with Gasteiger partial charge in [-0.2, -0.15) is 0 Å². The summed E-state index contributed by atoms with van der Waals surface area (Å²) < 4.78 is 0. The average Bonchev–Trinajstić information content (AvgIpc) is 2.54. The van der Waals surface area contributed by atoms with E-state index in [0.29, 0.717) is 0 Å². The molecule has 0 aliphatic rings. The summed E-state index contributed by atoms with van der Waals surface area (Å²) in [6.45, 7) is 5.44. The van der Waals surface area contributed by atoms with E-state index in [-0.39, 0.29) is 12.1 Å². The van der Waals surface area contributed by atoms with Gasteiger partial charge in [-0.15, -0.1) is 0 Å². The van der Waals surface area contributed by atoms with E-state index in [1.54, 1.807) is 0 Å². The molecule has 0 amide bonds. The maximum atomic E-state index is 9.70. The Morgan fingerprint density at radius 1 is 0.905 bits per heavy atom. The molecule has 1 aromatic rings. The maximum Gasteiger partial charge on any atom is 0.0652 e. The van der Waals surface area contributed by atoms with Crippen molar-refractivity contribution < 1.29 is 5.11 Å². The zero-order chi connectivity index (χ0) is 15.4. The van der Waals surface area contributed by atoms with Crippen LogP contribution in [0.25, 0.3) is 0 Å². The summed E-state index contributed by atoms with van der Waals surface area (Å²) in [7, 11) is 0. The van der Waals surface area contributed by atoms with Crippen molar-refractivity contribution in [1.82, 2.24) is 5.32 Å². The average molecular weight is 291 g/mol. The molecule has 21 heavy (non-hydrogen) atoms. The van der Waals surface area contributed by atoms with Gasteiger partial charge in [-0.05, 0) is 25.5 Å². The van der Waals surface area contributed by atoms with Gasteiger partial charge in [0.2, 0.25) is 0 Å². The third-order valence-electron chi connectivity index (χ3n) is 4.27. The van der Waals surface area contributed by atoms with Crippen molar-refractivity contribution in [2.75, 3.05) is 13.2 Å². The van der Waals surface area contributed by atoms with Crippen molar-refractivity contribution >= 4 is 0 Å². The van der Waals surface area contributed by atoms with Gasteiger partial charge in [-0.1, -0.05) is 82.2 Å². The molecule has 0 aromatic heterocycles. The zero-order valence-corrected chi connectivity index (χ0v) is 13.9. The topological polar surface area (TPSA) is 32.3 Å². The van der Waals surface area contributed by atoms with E-state index < -0.39 is 0 Å². The molecule has 1 atom stereocenters. The Labute approximate surface area is 131 Å². The van der Waals surface area contributed by atoms with Crippen molar-refractivity contribution in [1.29, 1.82) is 0 Å². The van der Waals surface area contributed by atoms with Gasteiger partial charge in [-0.25, -0.2) is 0 Å². The fourth-order valence-electron chi connectivity index (χ4n) is 2.68. The van der Waals surface area contributed by atoms with E-state index in [4.69, 9.17) is 0 Å². The van der Waals surface area contributed by atoms with Crippen LogP contribution in [0.3, 0.4) is 0 Å². The normalized spacial score (nSPS) is 14.0. The van der Waals surface area contributed by atoms with Crippen LogP contribution in [0, 0.1) is 0 Å². The number of hydrogen-bond acceptors (Lipinski definition) is 2. The van der Waals surface area contributed by atoms with Crippen LogP contribution >= 0.6 is 0 Å². The highest BCUT2D eigenvalue weighted by Gasteiger charge is 2.24. The Hall–Kier alpha value is -0.860. The molecule has 0 aliphatic heterocycles. The Bertz CT molecular complexity index is 352. The highest BCUT2D eigenvalue weighted by atomic mass is 16.3. The molecule has 1 aromatic carbocycles. The highest BCUT2D eigenvalue weighted by molar-refractivity contribution is 5.23. The molecule has 0 bridgehead atoms. The van der Waals surface area contributed by atoms with E-state index >= 15 is 0 Å². The van der Waals surface area contributed by atoms with Crippen LogP contribution in [-0.2, 0) is 5.54 Å². The first-order chi connectivity index (χ1) is 10.2. The fraction of sp³-hybridized carbons (Fsp3) is 0.684. The SMILES string of the molecule is CCCCCCCCCCNC(C)(CO)c1ccccc1. The summed E-state index contributed by atoms with van der Waals surface area (Å²) in [4.78, 5) is 0. The van der Waals surface area contributed by atoms with Gasteiger partial charge in [0.15, 0.2) is 0 Å². The van der Waals surface area contributed by atoms with Gasteiger partial charge in [0.1, 0.15) is 0 Å². The number of aliphatic hydroxyl groups is 1. The van der Waals surface area contributed by atoms with Gasteiger partial charge in [0, 0.05) is 0 Å². The van der Waals surface area contributed by atoms with Gasteiger partial charge in [0.05, 0.1) is 12.1 Å². The molecule has 2 heteroatoms. The summed E-state index contributed by atoms with van der Waals surface area (Å²) >= 11 is 0. The third-order valence-corrected chi connectivity index (χ3v) is 4.27. The molecule has 0 heterocycles. The van der Waals surface area contributed by atoms with Crippen molar-refractivity contribution in [3.8, 4) is 0 Å². The minimum atomic E-state index is -0.317. The predicted octanol–water partition coefficient (Wildman–Crippen LogP) is 4.62. The second kappa shape index (κ2) is 10.8. The van der Waals surface area contributed by atoms with E-state index in [9.17, 15) is 5.11 Å². The number of benzene rings is 1. The minimum absolute atomic E-state index is 0.133. The van der Waals surface area contributed by atoms with E-state index in [0.717, 1.165) is 12.1 Å². The lowest BCUT2D eigenvalue weighted by Crippen LogP contribution is -2.43. The molecule has 0 saturated heterocycles. The quantitative estimate of drug-likeness (QED) is 0.551. The van der Waals surface area contributed by atoms with Crippen LogP contribution in [0.1, 0.15) is 70.8 Å². The summed E-state index contributed by atoms with van der Waals surface area (Å²) in [5.74, 6) is 0. The van der Waals surface area contributed by atoms with Crippen molar-refractivity contribution in [3.63, 3.8) is 0 Å². The molecule has 0 fully saturated rings. The first-order valence-electron chi connectivity index (χ1n) is 8.64. The van der Waals surface area contributed by atoms with E-state index in [2.05, 4.69) is 31.3 Å². The highest BCUT2D eigenvalue weighted by Crippen LogP contribution is 2.19. The molecular weight excluding hydrogens is 258 g/mol. The van der Waals surface area contributed by atoms with Crippen LogP contribution in [0.4, 0.5) is 0 Å². The smallest absolute Gasteiger partial charge is 0.0652 e. The Balaban J connectivity index is 2.15. The second-order valence-corrected chi connectivity index (χ2v) is 6.26. The first kappa shape index (κ1) is 18.2. The van der Waals surface area contributed by atoms with E-state index in [1.807, 2.05) is 18.2 Å². The molecular formula is C19H33NO. The van der Waals surface area contributed by atoms with Gasteiger partial charge < -0.3 is 10.4 Å². The first-order valence-corrected chi connectivity index (χ1v) is 8.64. The predicted molar refractivity (Wildman–Crippen MR) is 91.5 cm³/mol. The standard InChI is InChI=1S/C19H33NO/c1-3-4-5-6-7-8-9-13-16-20-19(2,17-21)18-14-11-10-12-15-18/h10-12,14-15,20-21H,3-9,13,16-17H2,1-2H3. The van der Waals surface area contributed by atoms with Crippen LogP contribution in [0.5, 0.6) is 0 Å². The largest absolute Gasteiger partial charge is 0.394 e. The lowest BCUT2D eigenvalue weighted by atomic mass is 9.92. The van der Waals surface area contributed by atoms with Crippen LogP contribution in [-0.4, -0.2) is 18.3 Å². The molecule has 1 unspecified atom stereocenters. The molecule has 120 valence electrons. The van der Waals surface area contributed by atoms with Gasteiger partial charge in [0.25, 0.3) is 0 Å². The molecule has 1 rings (SSSR count). The Morgan fingerprint density at radius 2 is 1.48 bits per heavy atom. The molecule has 2 nitrogen and oxygen atoms in total. The van der Waals surface area contributed by atoms with Crippen molar-refractivity contribution in [2.24, 2.45) is 0 Å². The van der Waals surface area contributed by atoms with Crippen LogP contribution in [0.15, 0.2) is 30.3 Å². The molecule has 2 N–H and O–H groups in total. The van der Waals surface area contributed by atoms with Gasteiger partial charge >= 0.3 is 0 Å². The number of hydrogen-bond donors (Lipinski definition) is 2. The zero-order valence-electron chi connectivity index (χ0n) is 13.9. The summed E-state index contributed by atoms with van der Waals surface area (Å²) in [5.41, 5.74) is 0.842. The monoisotopic (exact) mass is 291 g/mol. The fourth-order valence-corrected chi connectivity index (χ4v) is 2.68.